The summed E-state index contributed by atoms with van der Waals surface area (Å²) in [4.78, 5) is 25.9. The van der Waals surface area contributed by atoms with Crippen molar-refractivity contribution in [2.45, 2.75) is 0 Å². The van der Waals surface area contributed by atoms with E-state index in [-0.39, 0.29) is 0 Å². The first-order valence-corrected chi connectivity index (χ1v) is 3.40. The summed E-state index contributed by atoms with van der Waals surface area (Å²) in [5.41, 5.74) is 0. The van der Waals surface area contributed by atoms with Crippen molar-refractivity contribution in [2.75, 3.05) is 0 Å². The average Bonchev–Trinajstić information content (AvgIpc) is 1.62. The largest absolute Gasteiger partial charge is 0.527 e. The van der Waals surface area contributed by atoms with Crippen LogP contribution in [0.5, 0.6) is 0 Å². The van der Waals surface area contributed by atoms with Crippen molar-refractivity contribution >= 4 is 13.8 Å². The normalized spacial score (nSPS) is 10.4. The van der Waals surface area contributed by atoms with Gasteiger partial charge in [-0.15, -0.1) is 0 Å². The topological polar surface area (TPSA) is 83.8 Å². The molecule has 0 bridgehead atoms. The van der Waals surface area contributed by atoms with Crippen LogP contribution >= 0.6 is 7.82 Å². The smallest absolute Gasteiger partial charge is 0.367 e. The van der Waals surface area contributed by atoms with Crippen LogP contribution in [0.4, 0.5) is 0 Å². The highest BCUT2D eigenvalue weighted by Gasteiger charge is 2.17. The first-order valence-electron chi connectivity index (χ1n) is 1.87. The molecule has 0 rings (SSSR count). The fourth-order valence-electron chi connectivity index (χ4n) is 0.154. The van der Waals surface area contributed by atoms with Crippen molar-refractivity contribution < 1.29 is 23.7 Å². The summed E-state index contributed by atoms with van der Waals surface area (Å²) in [7, 11) is -4.66. The van der Waals surface area contributed by atoms with Crippen molar-refractivity contribution in [1.29, 1.82) is 0 Å². The Morgan fingerprint density at radius 1 is 1.67 bits per heavy atom. The minimum Gasteiger partial charge on any atom is -0.367 e. The van der Waals surface area contributed by atoms with E-state index in [0.29, 0.717) is 6.08 Å². The Morgan fingerprint density at radius 3 is 2.22 bits per heavy atom. The zero-order valence-corrected chi connectivity index (χ0v) is 5.25. The molecule has 0 spiro atoms. The maximum Gasteiger partial charge on any atom is 0.527 e. The van der Waals surface area contributed by atoms with Gasteiger partial charge in [0.15, 0.2) is 0 Å². The van der Waals surface area contributed by atoms with Gasteiger partial charge in [-0.2, -0.15) is 0 Å². The van der Waals surface area contributed by atoms with Gasteiger partial charge in [-0.1, -0.05) is 6.58 Å². The molecule has 0 amide bonds. The number of rotatable bonds is 2. The Kier molecular flexibility index (Phi) is 2.58. The molecule has 2 N–H and O–H groups in total. The molecule has 0 radical (unpaired) electrons. The van der Waals surface area contributed by atoms with Crippen LogP contribution in [0.3, 0.4) is 0 Å². The van der Waals surface area contributed by atoms with Gasteiger partial charge in [0, 0.05) is 6.08 Å². The Hall–Kier alpha value is -0.640. The van der Waals surface area contributed by atoms with Crippen molar-refractivity contribution in [3.8, 4) is 0 Å². The number of hydrogen-bond acceptors (Lipinski definition) is 3. The van der Waals surface area contributed by atoms with Gasteiger partial charge in [0.2, 0.25) is 0 Å². The summed E-state index contributed by atoms with van der Waals surface area (Å²) in [6.45, 7) is 2.93. The zero-order valence-electron chi connectivity index (χ0n) is 4.35. The molecular weight excluding hydrogens is 147 g/mol. The highest BCUT2D eigenvalue weighted by Crippen LogP contribution is 2.35. The summed E-state index contributed by atoms with van der Waals surface area (Å²) in [5, 5.41) is 0. The second-order valence-electron chi connectivity index (χ2n) is 1.11. The molecule has 0 aromatic heterocycles. The van der Waals surface area contributed by atoms with Crippen LogP contribution < -0.4 is 0 Å². The first kappa shape index (κ1) is 8.36. The molecule has 0 saturated carbocycles. The van der Waals surface area contributed by atoms with Crippen LogP contribution in [-0.2, 0) is 13.9 Å². The summed E-state index contributed by atoms with van der Waals surface area (Å²) < 4.78 is 13.3. The number of phosphoric ester groups is 1. The minimum absolute atomic E-state index is 0.666. The molecule has 6 heteroatoms. The van der Waals surface area contributed by atoms with Crippen molar-refractivity contribution in [3.63, 3.8) is 0 Å². The average molecular weight is 152 g/mol. The van der Waals surface area contributed by atoms with Gasteiger partial charge in [-0.25, -0.2) is 9.36 Å². The molecule has 0 aromatic carbocycles. The third-order valence-corrected chi connectivity index (χ3v) is 0.793. The van der Waals surface area contributed by atoms with E-state index in [1.54, 1.807) is 0 Å². The molecule has 0 aromatic rings. The molecule has 5 nitrogen and oxygen atoms in total. The van der Waals surface area contributed by atoms with Gasteiger partial charge >= 0.3 is 13.8 Å². The molecule has 0 fully saturated rings. The van der Waals surface area contributed by atoms with Gasteiger partial charge in [0.1, 0.15) is 0 Å². The van der Waals surface area contributed by atoms with Gasteiger partial charge in [-0.05, 0) is 0 Å². The number of phosphoric acid groups is 1. The quantitative estimate of drug-likeness (QED) is 0.423. The Labute approximate surface area is 51.2 Å². The van der Waals surface area contributed by atoms with E-state index in [2.05, 4.69) is 11.1 Å². The third kappa shape index (κ3) is 5.23. The van der Waals surface area contributed by atoms with E-state index in [0.717, 1.165) is 0 Å². The molecule has 0 aliphatic heterocycles. The third-order valence-electron chi connectivity index (χ3n) is 0.376. The van der Waals surface area contributed by atoms with Crippen LogP contribution in [0.25, 0.3) is 0 Å². The highest BCUT2D eigenvalue weighted by molar-refractivity contribution is 7.46. The van der Waals surface area contributed by atoms with E-state index in [4.69, 9.17) is 9.79 Å². The standard InChI is InChI=1S/C3H5O5P/c1-2-3(4)8-9(5,6)7/h2H,1H2,(H2,5,6,7). The zero-order chi connectivity index (χ0) is 7.49. The molecule has 0 saturated heterocycles. The summed E-state index contributed by atoms with van der Waals surface area (Å²) >= 11 is 0. The lowest BCUT2D eigenvalue weighted by Crippen LogP contribution is -1.96. The monoisotopic (exact) mass is 152 g/mol. The van der Waals surface area contributed by atoms with E-state index in [9.17, 15) is 9.36 Å². The molecule has 0 atom stereocenters. The SMILES string of the molecule is C=CC(=O)OP(=O)(O)O. The highest BCUT2D eigenvalue weighted by atomic mass is 31.2. The maximum atomic E-state index is 9.99. The first-order chi connectivity index (χ1) is 3.95. The molecule has 0 aliphatic rings. The molecule has 9 heavy (non-hydrogen) atoms. The fraction of sp³-hybridized carbons (Fsp3) is 0. The van der Waals surface area contributed by atoms with Crippen molar-refractivity contribution in [3.05, 3.63) is 12.7 Å². The van der Waals surface area contributed by atoms with Crippen LogP contribution in [0, 0.1) is 0 Å². The predicted octanol–water partition coefficient (Wildman–Crippen LogP) is -0.192. The lowest BCUT2D eigenvalue weighted by Gasteiger charge is -1.99. The van der Waals surface area contributed by atoms with Crippen molar-refractivity contribution in [1.82, 2.24) is 0 Å². The minimum atomic E-state index is -4.66. The van der Waals surface area contributed by atoms with E-state index in [1.807, 2.05) is 0 Å². The number of hydrogen-bond donors (Lipinski definition) is 2. The van der Waals surface area contributed by atoms with Gasteiger partial charge in [0.05, 0.1) is 0 Å². The van der Waals surface area contributed by atoms with E-state index < -0.39 is 13.8 Å². The van der Waals surface area contributed by atoms with Crippen molar-refractivity contribution in [2.24, 2.45) is 0 Å². The second kappa shape index (κ2) is 2.77. The van der Waals surface area contributed by atoms with Crippen LogP contribution in [0.2, 0.25) is 0 Å². The molecule has 0 aliphatic carbocycles. The maximum absolute atomic E-state index is 9.99. The lowest BCUT2D eigenvalue weighted by atomic mass is 10.7. The lowest BCUT2D eigenvalue weighted by molar-refractivity contribution is -0.130. The Morgan fingerprint density at radius 2 is 2.11 bits per heavy atom. The molecular formula is C3H5O5P. The molecule has 0 unspecified atom stereocenters. The number of carbonyl (C=O) groups excluding carboxylic acids is 1. The van der Waals surface area contributed by atoms with E-state index in [1.165, 1.54) is 0 Å². The van der Waals surface area contributed by atoms with Gasteiger partial charge < -0.3 is 4.52 Å². The van der Waals surface area contributed by atoms with E-state index >= 15 is 0 Å². The molecule has 0 heterocycles. The second-order valence-corrected chi connectivity index (χ2v) is 2.27. The molecule has 52 valence electrons. The van der Waals surface area contributed by atoms with Gasteiger partial charge in [0.25, 0.3) is 0 Å². The van der Waals surface area contributed by atoms with Crippen LogP contribution in [-0.4, -0.2) is 15.8 Å². The summed E-state index contributed by atoms with van der Waals surface area (Å²) in [5.74, 6) is -1.14. The summed E-state index contributed by atoms with van der Waals surface area (Å²) in [6, 6.07) is 0. The fourth-order valence-corrected chi connectivity index (χ4v) is 0.463. The Balaban J connectivity index is 3.89. The Bertz CT molecular complexity index is 167. The van der Waals surface area contributed by atoms with Gasteiger partial charge in [-0.3, -0.25) is 9.79 Å². The predicted molar refractivity (Wildman–Crippen MR) is 28.3 cm³/mol. The van der Waals surface area contributed by atoms with Crippen LogP contribution in [0.15, 0.2) is 12.7 Å². The summed E-state index contributed by atoms with van der Waals surface area (Å²) in [6.07, 6.45) is 0.666. The van der Waals surface area contributed by atoms with Crippen LogP contribution in [0.1, 0.15) is 0 Å². The number of carbonyl (C=O) groups is 1.